The zero-order chi connectivity index (χ0) is 8.97. The van der Waals surface area contributed by atoms with Gasteiger partial charge in [-0.1, -0.05) is 5.92 Å². The van der Waals surface area contributed by atoms with E-state index in [-0.39, 0.29) is 6.23 Å². The lowest BCUT2D eigenvalue weighted by Gasteiger charge is -2.10. The van der Waals surface area contributed by atoms with E-state index in [1.54, 1.807) is 17.1 Å². The Balaban J connectivity index is 2.69. The van der Waals surface area contributed by atoms with E-state index in [1.807, 2.05) is 13.8 Å². The van der Waals surface area contributed by atoms with Gasteiger partial charge in [0, 0.05) is 12.8 Å². The van der Waals surface area contributed by atoms with Gasteiger partial charge >= 0.3 is 0 Å². The molecule has 1 aromatic heterocycles. The van der Waals surface area contributed by atoms with Crippen molar-refractivity contribution in [1.82, 2.24) is 9.78 Å². The summed E-state index contributed by atoms with van der Waals surface area (Å²) in [6.07, 6.45) is 8.59. The Hall–Kier alpha value is -1.27. The number of aromatic nitrogens is 2. The molecule has 3 heteroatoms. The maximum atomic E-state index is 5.32. The first-order valence-electron chi connectivity index (χ1n) is 3.90. The highest BCUT2D eigenvalue weighted by Crippen LogP contribution is 2.06. The smallest absolute Gasteiger partial charge is 0.147 e. The predicted octanol–water partition coefficient (Wildman–Crippen LogP) is 1.42. The molecule has 0 aliphatic rings. The highest BCUT2D eigenvalue weighted by atomic mass is 16.5. The van der Waals surface area contributed by atoms with Crippen LogP contribution in [0.5, 0.6) is 0 Å². The van der Waals surface area contributed by atoms with E-state index in [0.717, 1.165) is 5.56 Å². The van der Waals surface area contributed by atoms with Crippen LogP contribution in [0.15, 0.2) is 12.4 Å². The molecule has 0 N–H and O–H groups in total. The van der Waals surface area contributed by atoms with Crippen molar-refractivity contribution in [2.75, 3.05) is 6.61 Å². The van der Waals surface area contributed by atoms with Crippen LogP contribution >= 0.6 is 0 Å². The molecule has 12 heavy (non-hydrogen) atoms. The first-order valence-corrected chi connectivity index (χ1v) is 3.90. The summed E-state index contributed by atoms with van der Waals surface area (Å²) in [5.74, 6) is 2.51. The highest BCUT2D eigenvalue weighted by molar-refractivity contribution is 5.26. The van der Waals surface area contributed by atoms with Crippen LogP contribution in [0.1, 0.15) is 25.6 Å². The van der Waals surface area contributed by atoms with Gasteiger partial charge in [-0.2, -0.15) is 5.10 Å². The van der Waals surface area contributed by atoms with Crippen LogP contribution in [-0.4, -0.2) is 16.4 Å². The van der Waals surface area contributed by atoms with Crippen LogP contribution in [-0.2, 0) is 4.74 Å². The number of nitrogens with zero attached hydrogens (tertiary/aromatic N) is 2. The van der Waals surface area contributed by atoms with Crippen molar-refractivity contribution in [3.05, 3.63) is 18.0 Å². The van der Waals surface area contributed by atoms with Gasteiger partial charge in [0.2, 0.25) is 0 Å². The lowest BCUT2D eigenvalue weighted by atomic mass is 10.4. The van der Waals surface area contributed by atoms with Crippen LogP contribution < -0.4 is 0 Å². The third kappa shape index (κ3) is 1.86. The minimum atomic E-state index is -0.0444. The molecule has 0 aromatic carbocycles. The van der Waals surface area contributed by atoms with E-state index < -0.39 is 0 Å². The second-order valence-electron chi connectivity index (χ2n) is 2.41. The summed E-state index contributed by atoms with van der Waals surface area (Å²) in [5, 5.41) is 4.05. The molecule has 0 aliphatic carbocycles. The van der Waals surface area contributed by atoms with Crippen molar-refractivity contribution in [3.8, 4) is 12.3 Å². The van der Waals surface area contributed by atoms with Crippen LogP contribution in [0, 0.1) is 12.3 Å². The van der Waals surface area contributed by atoms with Crippen molar-refractivity contribution in [3.63, 3.8) is 0 Å². The fraction of sp³-hybridized carbons (Fsp3) is 0.444. The van der Waals surface area contributed by atoms with Gasteiger partial charge in [-0.3, -0.25) is 0 Å². The Morgan fingerprint density at radius 1 is 1.83 bits per heavy atom. The summed E-state index contributed by atoms with van der Waals surface area (Å²) in [5.41, 5.74) is 0.779. The first-order chi connectivity index (χ1) is 5.77. The molecule has 0 spiro atoms. The van der Waals surface area contributed by atoms with E-state index >= 15 is 0 Å². The molecule has 1 atom stereocenters. The van der Waals surface area contributed by atoms with Crippen molar-refractivity contribution < 1.29 is 4.74 Å². The third-order valence-corrected chi connectivity index (χ3v) is 1.55. The summed E-state index contributed by atoms with van der Waals surface area (Å²) in [6.45, 7) is 4.55. The van der Waals surface area contributed by atoms with Gasteiger partial charge in [0.1, 0.15) is 6.23 Å². The van der Waals surface area contributed by atoms with E-state index in [4.69, 9.17) is 11.2 Å². The lowest BCUT2D eigenvalue weighted by Crippen LogP contribution is -2.09. The number of hydrogen-bond acceptors (Lipinski definition) is 2. The average Bonchev–Trinajstić information content (AvgIpc) is 2.52. The Morgan fingerprint density at radius 2 is 2.58 bits per heavy atom. The number of rotatable bonds is 3. The van der Waals surface area contributed by atoms with Gasteiger partial charge in [0.05, 0.1) is 11.8 Å². The first kappa shape index (κ1) is 8.82. The van der Waals surface area contributed by atoms with Crippen molar-refractivity contribution in [2.24, 2.45) is 0 Å². The van der Waals surface area contributed by atoms with Gasteiger partial charge in [0.25, 0.3) is 0 Å². The topological polar surface area (TPSA) is 27.1 Å². The normalized spacial score (nSPS) is 12.4. The Morgan fingerprint density at radius 3 is 3.08 bits per heavy atom. The zero-order valence-corrected chi connectivity index (χ0v) is 7.32. The van der Waals surface area contributed by atoms with Crippen LogP contribution in [0.25, 0.3) is 0 Å². The highest BCUT2D eigenvalue weighted by Gasteiger charge is 2.03. The Bertz CT molecular complexity index is 285. The summed E-state index contributed by atoms with van der Waals surface area (Å²) in [7, 11) is 0. The van der Waals surface area contributed by atoms with Crippen molar-refractivity contribution >= 4 is 0 Å². The molecular formula is C9H12N2O. The van der Waals surface area contributed by atoms with E-state index in [1.165, 1.54) is 0 Å². The zero-order valence-electron chi connectivity index (χ0n) is 7.32. The second-order valence-corrected chi connectivity index (χ2v) is 2.41. The maximum Gasteiger partial charge on any atom is 0.147 e. The summed E-state index contributed by atoms with van der Waals surface area (Å²) >= 11 is 0. The maximum absolute atomic E-state index is 5.32. The van der Waals surface area contributed by atoms with Gasteiger partial charge in [-0.05, 0) is 13.8 Å². The van der Waals surface area contributed by atoms with Gasteiger partial charge < -0.3 is 4.74 Å². The molecule has 64 valence electrons. The molecular weight excluding hydrogens is 152 g/mol. The second kappa shape index (κ2) is 3.93. The molecule has 0 saturated carbocycles. The van der Waals surface area contributed by atoms with E-state index in [0.29, 0.717) is 6.61 Å². The fourth-order valence-electron chi connectivity index (χ4n) is 0.929. The molecule has 0 unspecified atom stereocenters. The minimum absolute atomic E-state index is 0.0444. The standard InChI is InChI=1S/C9H12N2O/c1-4-9-6-10-11(7-9)8(3)12-5-2/h1,6-8H,5H2,2-3H3/t8-/m1/s1. The summed E-state index contributed by atoms with van der Waals surface area (Å²) in [6, 6.07) is 0. The molecule has 0 bridgehead atoms. The quantitative estimate of drug-likeness (QED) is 0.632. The number of ether oxygens (including phenoxy) is 1. The van der Waals surface area contributed by atoms with Gasteiger partial charge in [-0.15, -0.1) is 6.42 Å². The predicted molar refractivity (Wildman–Crippen MR) is 46.5 cm³/mol. The minimum Gasteiger partial charge on any atom is -0.357 e. The van der Waals surface area contributed by atoms with E-state index in [9.17, 15) is 0 Å². The monoisotopic (exact) mass is 164 g/mol. The summed E-state index contributed by atoms with van der Waals surface area (Å²) < 4.78 is 7.02. The molecule has 1 heterocycles. The van der Waals surface area contributed by atoms with Crippen LogP contribution in [0.3, 0.4) is 0 Å². The largest absolute Gasteiger partial charge is 0.357 e. The molecule has 0 fully saturated rings. The molecule has 1 aromatic rings. The lowest BCUT2D eigenvalue weighted by molar-refractivity contribution is 0.0159. The van der Waals surface area contributed by atoms with Crippen molar-refractivity contribution in [1.29, 1.82) is 0 Å². The average molecular weight is 164 g/mol. The van der Waals surface area contributed by atoms with Crippen LogP contribution in [0.2, 0.25) is 0 Å². The summed E-state index contributed by atoms with van der Waals surface area (Å²) in [4.78, 5) is 0. The molecule has 3 nitrogen and oxygen atoms in total. The van der Waals surface area contributed by atoms with Crippen molar-refractivity contribution in [2.45, 2.75) is 20.1 Å². The Kier molecular flexibility index (Phi) is 2.89. The Labute approximate surface area is 72.3 Å². The number of terminal acetylenes is 1. The van der Waals surface area contributed by atoms with E-state index in [2.05, 4.69) is 11.0 Å². The molecule has 0 radical (unpaired) electrons. The molecule has 0 saturated heterocycles. The van der Waals surface area contributed by atoms with Gasteiger partial charge in [-0.25, -0.2) is 4.68 Å². The molecule has 0 aliphatic heterocycles. The van der Waals surface area contributed by atoms with Gasteiger partial charge in [0.15, 0.2) is 0 Å². The SMILES string of the molecule is C#Cc1cnn([C@@H](C)OCC)c1. The number of hydrogen-bond donors (Lipinski definition) is 0. The molecule has 1 rings (SSSR count). The molecule has 0 amide bonds. The third-order valence-electron chi connectivity index (χ3n) is 1.55. The van der Waals surface area contributed by atoms with Crippen LogP contribution in [0.4, 0.5) is 0 Å². The fourth-order valence-corrected chi connectivity index (χ4v) is 0.929.